The first-order valence-corrected chi connectivity index (χ1v) is 9.10. The molecule has 0 spiro atoms. The van der Waals surface area contributed by atoms with Crippen molar-refractivity contribution in [2.24, 2.45) is 12.8 Å². The third kappa shape index (κ3) is 3.75. The molecule has 4 aromatic rings. The van der Waals surface area contributed by atoms with Gasteiger partial charge < -0.3 is 20.8 Å². The number of ether oxygens (including phenoxy) is 1. The van der Waals surface area contributed by atoms with Crippen LogP contribution in [0.4, 0.5) is 11.6 Å². The van der Waals surface area contributed by atoms with Crippen LogP contribution in [0.2, 0.25) is 0 Å². The van der Waals surface area contributed by atoms with Gasteiger partial charge in [0.15, 0.2) is 0 Å². The van der Waals surface area contributed by atoms with E-state index in [0.717, 1.165) is 27.7 Å². The number of hydrogen-bond acceptors (Lipinski definition) is 6. The summed E-state index contributed by atoms with van der Waals surface area (Å²) in [6.45, 7) is 0. The van der Waals surface area contributed by atoms with E-state index in [2.05, 4.69) is 25.4 Å². The quantitative estimate of drug-likeness (QED) is 0.445. The molecule has 0 aliphatic rings. The Labute approximate surface area is 166 Å². The summed E-state index contributed by atoms with van der Waals surface area (Å²) in [6, 6.07) is 7.84. The van der Waals surface area contributed by atoms with Gasteiger partial charge >= 0.3 is 0 Å². The molecule has 4 rings (SSSR count). The second-order valence-electron chi connectivity index (χ2n) is 6.62. The topological polar surface area (TPSA) is 124 Å². The first kappa shape index (κ1) is 18.5. The van der Waals surface area contributed by atoms with Gasteiger partial charge in [-0.1, -0.05) is 18.2 Å². The molecule has 29 heavy (non-hydrogen) atoms. The van der Waals surface area contributed by atoms with Crippen molar-refractivity contribution < 1.29 is 9.53 Å². The highest BCUT2D eigenvalue weighted by atomic mass is 16.5. The number of aromatic nitrogens is 5. The Morgan fingerprint density at radius 2 is 2.21 bits per heavy atom. The standard InChI is InChI=1S/C20H21N7O2/c1-27-11-16(19(26-27)29-2)25-20-22-9-8-15(24-20)14-10-23-18-12(6-7-17(21)28)4-3-5-13(14)18/h3-5,8-11,23H,6-7H2,1-2H3,(H2,21,28)(H,22,24,25). The number of amides is 1. The zero-order valence-electron chi connectivity index (χ0n) is 16.1. The van der Waals surface area contributed by atoms with Crippen LogP contribution in [0.3, 0.4) is 0 Å². The van der Waals surface area contributed by atoms with Crippen molar-refractivity contribution in [1.29, 1.82) is 0 Å². The summed E-state index contributed by atoms with van der Waals surface area (Å²) in [4.78, 5) is 23.4. The fourth-order valence-electron chi connectivity index (χ4n) is 3.29. The monoisotopic (exact) mass is 391 g/mol. The number of H-pyrrole nitrogens is 1. The second kappa shape index (κ2) is 7.63. The number of hydrogen-bond donors (Lipinski definition) is 3. The van der Waals surface area contributed by atoms with Gasteiger partial charge in [0.1, 0.15) is 5.69 Å². The molecule has 9 heteroatoms. The lowest BCUT2D eigenvalue weighted by molar-refractivity contribution is -0.117. The summed E-state index contributed by atoms with van der Waals surface area (Å²) < 4.78 is 6.91. The maximum absolute atomic E-state index is 11.1. The highest BCUT2D eigenvalue weighted by Gasteiger charge is 2.13. The van der Waals surface area contributed by atoms with Crippen LogP contribution in [0.1, 0.15) is 12.0 Å². The molecular formula is C20H21N7O2. The van der Waals surface area contributed by atoms with E-state index >= 15 is 0 Å². The summed E-state index contributed by atoms with van der Waals surface area (Å²) in [5, 5.41) is 8.39. The smallest absolute Gasteiger partial charge is 0.256 e. The van der Waals surface area contributed by atoms with Crippen LogP contribution in [-0.4, -0.2) is 37.7 Å². The normalized spacial score (nSPS) is 11.0. The van der Waals surface area contributed by atoms with Gasteiger partial charge in [0.05, 0.1) is 19.0 Å². The number of para-hydroxylation sites is 1. The molecule has 0 saturated heterocycles. The van der Waals surface area contributed by atoms with Crippen molar-refractivity contribution in [3.63, 3.8) is 0 Å². The molecule has 0 unspecified atom stereocenters. The summed E-state index contributed by atoms with van der Waals surface area (Å²) in [5.41, 5.74) is 9.71. The van der Waals surface area contributed by atoms with E-state index in [1.807, 2.05) is 37.5 Å². The van der Waals surface area contributed by atoms with Crippen molar-refractivity contribution in [2.45, 2.75) is 12.8 Å². The van der Waals surface area contributed by atoms with Crippen LogP contribution in [0, 0.1) is 0 Å². The molecule has 4 N–H and O–H groups in total. The summed E-state index contributed by atoms with van der Waals surface area (Å²) in [6.07, 6.45) is 6.30. The largest absolute Gasteiger partial charge is 0.478 e. The lowest BCUT2D eigenvalue weighted by Crippen LogP contribution is -2.11. The van der Waals surface area contributed by atoms with Crippen molar-refractivity contribution in [1.82, 2.24) is 24.7 Å². The molecule has 0 saturated carbocycles. The van der Waals surface area contributed by atoms with E-state index < -0.39 is 0 Å². The maximum Gasteiger partial charge on any atom is 0.256 e. The van der Waals surface area contributed by atoms with Crippen LogP contribution in [0.25, 0.3) is 22.2 Å². The number of rotatable bonds is 7. The molecule has 0 aliphatic heterocycles. The number of anilines is 2. The van der Waals surface area contributed by atoms with E-state index in [4.69, 9.17) is 10.5 Å². The first-order valence-electron chi connectivity index (χ1n) is 9.10. The number of benzene rings is 1. The Kier molecular flexibility index (Phi) is 4.86. The minimum absolute atomic E-state index is 0.308. The predicted molar refractivity (Wildman–Crippen MR) is 110 cm³/mol. The zero-order valence-corrected chi connectivity index (χ0v) is 16.1. The van der Waals surface area contributed by atoms with Gasteiger partial charge in [-0.05, 0) is 18.1 Å². The minimum atomic E-state index is -0.314. The molecule has 1 aromatic carbocycles. The van der Waals surface area contributed by atoms with Gasteiger partial charge in [0, 0.05) is 42.3 Å². The van der Waals surface area contributed by atoms with Crippen LogP contribution in [-0.2, 0) is 18.3 Å². The maximum atomic E-state index is 11.1. The zero-order chi connectivity index (χ0) is 20.4. The van der Waals surface area contributed by atoms with Gasteiger partial charge in [-0.25, -0.2) is 9.97 Å². The molecule has 1 amide bonds. The van der Waals surface area contributed by atoms with Crippen LogP contribution >= 0.6 is 0 Å². The summed E-state index contributed by atoms with van der Waals surface area (Å²) in [5.74, 6) is 0.590. The van der Waals surface area contributed by atoms with E-state index in [1.54, 1.807) is 24.2 Å². The lowest BCUT2D eigenvalue weighted by atomic mass is 10.0. The van der Waals surface area contributed by atoms with Crippen LogP contribution in [0.5, 0.6) is 5.88 Å². The van der Waals surface area contributed by atoms with Gasteiger partial charge in [-0.2, -0.15) is 0 Å². The van der Waals surface area contributed by atoms with Gasteiger partial charge in [-0.15, -0.1) is 5.10 Å². The van der Waals surface area contributed by atoms with Gasteiger partial charge in [0.2, 0.25) is 11.9 Å². The van der Waals surface area contributed by atoms with Crippen molar-refractivity contribution in [3.8, 4) is 17.1 Å². The molecule has 0 fully saturated rings. The summed E-state index contributed by atoms with van der Waals surface area (Å²) in [7, 11) is 3.37. The average molecular weight is 391 g/mol. The Morgan fingerprint density at radius 3 is 3.00 bits per heavy atom. The van der Waals surface area contributed by atoms with Crippen molar-refractivity contribution >= 4 is 28.4 Å². The SMILES string of the molecule is COc1nn(C)cc1Nc1nccc(-c2c[nH]c3c(CCC(N)=O)cccc23)n1. The third-order valence-electron chi connectivity index (χ3n) is 4.61. The molecule has 3 heterocycles. The number of fused-ring (bicyclic) bond motifs is 1. The first-order chi connectivity index (χ1) is 14.0. The number of aromatic amines is 1. The molecule has 0 aliphatic carbocycles. The Bertz CT molecular complexity index is 1180. The van der Waals surface area contributed by atoms with E-state index in [1.165, 1.54) is 0 Å². The van der Waals surface area contributed by atoms with Crippen LogP contribution in [0.15, 0.2) is 42.9 Å². The average Bonchev–Trinajstić information content (AvgIpc) is 3.29. The van der Waals surface area contributed by atoms with Crippen molar-refractivity contribution in [3.05, 3.63) is 48.4 Å². The highest BCUT2D eigenvalue weighted by molar-refractivity contribution is 5.96. The fraction of sp³-hybridized carbons (Fsp3) is 0.200. The highest BCUT2D eigenvalue weighted by Crippen LogP contribution is 2.31. The van der Waals surface area contributed by atoms with Gasteiger partial charge in [-0.3, -0.25) is 9.48 Å². The van der Waals surface area contributed by atoms with E-state index in [9.17, 15) is 4.79 Å². The number of carbonyl (C=O) groups excluding carboxylic acids is 1. The number of nitrogens with two attached hydrogens (primary N) is 1. The molecule has 3 aromatic heterocycles. The van der Waals surface area contributed by atoms with Crippen LogP contribution < -0.4 is 15.8 Å². The number of aryl methyl sites for hydroxylation is 2. The van der Waals surface area contributed by atoms with E-state index in [-0.39, 0.29) is 5.91 Å². The number of nitrogens with one attached hydrogen (secondary N) is 2. The molecule has 9 nitrogen and oxygen atoms in total. The Hall–Kier alpha value is -3.88. The summed E-state index contributed by atoms with van der Waals surface area (Å²) >= 11 is 0. The van der Waals surface area contributed by atoms with E-state index in [0.29, 0.717) is 30.4 Å². The predicted octanol–water partition coefficient (Wildman–Crippen LogP) is 2.53. The Morgan fingerprint density at radius 1 is 1.34 bits per heavy atom. The molecule has 0 bridgehead atoms. The number of carbonyl (C=O) groups is 1. The molecule has 0 radical (unpaired) electrons. The molecule has 0 atom stereocenters. The molecule has 148 valence electrons. The van der Waals surface area contributed by atoms with Gasteiger partial charge in [0.25, 0.3) is 5.88 Å². The molecular weight excluding hydrogens is 370 g/mol. The number of primary amides is 1. The van der Waals surface area contributed by atoms with Crippen molar-refractivity contribution in [2.75, 3.05) is 12.4 Å². The Balaban J connectivity index is 1.67. The lowest BCUT2D eigenvalue weighted by Gasteiger charge is -2.06. The number of methoxy groups -OCH3 is 1. The third-order valence-corrected chi connectivity index (χ3v) is 4.61. The minimum Gasteiger partial charge on any atom is -0.478 e. The second-order valence-corrected chi connectivity index (χ2v) is 6.62. The number of nitrogens with zero attached hydrogens (tertiary/aromatic N) is 4. The fourth-order valence-corrected chi connectivity index (χ4v) is 3.29.